The standard InChI is InChI=1S/C15H20O4/c1-8-4-5-11(16)9(2)7-13-14(12(17)6-8)10(3)15(18)19-13/h6,11-14,16-17H,2-5,7H2,1H3/b8-6-. The van der Waals surface area contributed by atoms with Crippen LogP contribution in [0.1, 0.15) is 26.2 Å². The summed E-state index contributed by atoms with van der Waals surface area (Å²) in [5.74, 6) is -0.925. The number of carbonyl (C=O) groups excluding carboxylic acids is 1. The molecule has 4 atom stereocenters. The first-order valence-corrected chi connectivity index (χ1v) is 6.51. The molecule has 1 aliphatic heterocycles. The van der Waals surface area contributed by atoms with E-state index in [4.69, 9.17) is 4.74 Å². The van der Waals surface area contributed by atoms with Crippen LogP contribution >= 0.6 is 0 Å². The number of ether oxygens (including phenoxy) is 1. The molecule has 0 amide bonds. The SMILES string of the molecule is C=C1CC2OC(=O)C(=C)C2C(O)/C=C(/C)CCC1O. The van der Waals surface area contributed by atoms with Crippen molar-refractivity contribution in [2.24, 2.45) is 5.92 Å². The quantitative estimate of drug-likeness (QED) is 0.395. The number of fused-ring (bicyclic) bond motifs is 1. The lowest BCUT2D eigenvalue weighted by molar-refractivity contribution is -0.139. The minimum atomic E-state index is -0.785. The van der Waals surface area contributed by atoms with E-state index in [1.54, 1.807) is 6.08 Å². The third kappa shape index (κ3) is 2.80. The van der Waals surface area contributed by atoms with Crippen LogP contribution in [0.25, 0.3) is 0 Å². The van der Waals surface area contributed by atoms with Crippen LogP contribution in [0.15, 0.2) is 36.0 Å². The molecule has 4 unspecified atom stereocenters. The number of esters is 1. The molecule has 2 N–H and O–H groups in total. The van der Waals surface area contributed by atoms with E-state index >= 15 is 0 Å². The maximum Gasteiger partial charge on any atom is 0.334 e. The zero-order valence-electron chi connectivity index (χ0n) is 11.1. The maximum atomic E-state index is 11.6. The molecule has 0 aromatic carbocycles. The van der Waals surface area contributed by atoms with Crippen LogP contribution in [0.3, 0.4) is 0 Å². The Morgan fingerprint density at radius 3 is 2.74 bits per heavy atom. The number of hydrogen-bond donors (Lipinski definition) is 2. The summed E-state index contributed by atoms with van der Waals surface area (Å²) >= 11 is 0. The molecule has 0 radical (unpaired) electrons. The van der Waals surface area contributed by atoms with Gasteiger partial charge in [0.1, 0.15) is 6.10 Å². The fourth-order valence-corrected chi connectivity index (χ4v) is 2.68. The second-order valence-electron chi connectivity index (χ2n) is 5.42. The van der Waals surface area contributed by atoms with Crippen LogP contribution in [0.4, 0.5) is 0 Å². The molecular formula is C15H20O4. The summed E-state index contributed by atoms with van der Waals surface area (Å²) in [6.07, 6.45) is 1.47. The van der Waals surface area contributed by atoms with Gasteiger partial charge in [0.2, 0.25) is 0 Å². The van der Waals surface area contributed by atoms with Gasteiger partial charge in [-0.2, -0.15) is 0 Å². The Hall–Kier alpha value is -1.39. The molecule has 0 aromatic heterocycles. The van der Waals surface area contributed by atoms with Gasteiger partial charge < -0.3 is 14.9 Å². The van der Waals surface area contributed by atoms with Crippen molar-refractivity contribution in [2.45, 2.75) is 44.5 Å². The number of aliphatic hydroxyl groups is 2. The Labute approximate surface area is 113 Å². The van der Waals surface area contributed by atoms with Gasteiger partial charge in [-0.3, -0.25) is 0 Å². The summed E-state index contributed by atoms with van der Waals surface area (Å²) < 4.78 is 5.23. The lowest BCUT2D eigenvalue weighted by Gasteiger charge is -2.25. The fourth-order valence-electron chi connectivity index (χ4n) is 2.68. The van der Waals surface area contributed by atoms with Gasteiger partial charge in [-0.25, -0.2) is 4.79 Å². The minimum absolute atomic E-state index is 0.296. The molecule has 104 valence electrons. The summed E-state index contributed by atoms with van der Waals surface area (Å²) in [7, 11) is 0. The lowest BCUT2D eigenvalue weighted by atomic mass is 9.84. The number of carbonyl (C=O) groups is 1. The Kier molecular flexibility index (Phi) is 3.92. The zero-order chi connectivity index (χ0) is 14.2. The van der Waals surface area contributed by atoms with E-state index in [-0.39, 0.29) is 0 Å². The number of hydrogen-bond acceptors (Lipinski definition) is 4. The highest BCUT2D eigenvalue weighted by molar-refractivity contribution is 5.91. The van der Waals surface area contributed by atoms with Gasteiger partial charge in [-0.05, 0) is 25.3 Å². The maximum absolute atomic E-state index is 11.6. The number of allylic oxidation sites excluding steroid dienone is 1. The highest BCUT2D eigenvalue weighted by atomic mass is 16.6. The minimum Gasteiger partial charge on any atom is -0.458 e. The number of rotatable bonds is 0. The van der Waals surface area contributed by atoms with Crippen molar-refractivity contribution in [3.8, 4) is 0 Å². The molecular weight excluding hydrogens is 244 g/mol. The molecule has 4 heteroatoms. The van der Waals surface area contributed by atoms with Crippen molar-refractivity contribution in [3.05, 3.63) is 36.0 Å². The second kappa shape index (κ2) is 5.31. The van der Waals surface area contributed by atoms with Gasteiger partial charge in [0.05, 0.1) is 18.1 Å². The van der Waals surface area contributed by atoms with Gasteiger partial charge in [0.15, 0.2) is 0 Å². The van der Waals surface area contributed by atoms with Crippen molar-refractivity contribution in [2.75, 3.05) is 0 Å². The van der Waals surface area contributed by atoms with E-state index in [1.807, 2.05) is 6.92 Å². The van der Waals surface area contributed by atoms with Crippen molar-refractivity contribution in [1.29, 1.82) is 0 Å². The van der Waals surface area contributed by atoms with Gasteiger partial charge >= 0.3 is 5.97 Å². The third-order valence-electron chi connectivity index (χ3n) is 3.89. The van der Waals surface area contributed by atoms with Crippen LogP contribution in [-0.4, -0.2) is 34.5 Å². The van der Waals surface area contributed by atoms with Crippen LogP contribution in [0, 0.1) is 5.92 Å². The summed E-state index contributed by atoms with van der Waals surface area (Å²) in [5, 5.41) is 20.2. The first-order valence-electron chi connectivity index (χ1n) is 6.51. The average Bonchev–Trinajstić information content (AvgIpc) is 2.60. The van der Waals surface area contributed by atoms with Crippen LogP contribution in [0.5, 0.6) is 0 Å². The molecule has 1 saturated heterocycles. The predicted octanol–water partition coefficient (Wildman–Crippen LogP) is 1.49. The molecule has 0 saturated carbocycles. The first kappa shape index (κ1) is 14.0. The van der Waals surface area contributed by atoms with E-state index in [0.29, 0.717) is 30.4 Å². The molecule has 0 bridgehead atoms. The predicted molar refractivity (Wildman–Crippen MR) is 71.3 cm³/mol. The Morgan fingerprint density at radius 2 is 2.05 bits per heavy atom. The number of aliphatic hydroxyl groups excluding tert-OH is 2. The fraction of sp³-hybridized carbons (Fsp3) is 0.533. The van der Waals surface area contributed by atoms with E-state index in [2.05, 4.69) is 13.2 Å². The van der Waals surface area contributed by atoms with E-state index < -0.39 is 30.2 Å². The summed E-state index contributed by atoms with van der Waals surface area (Å²) in [6.45, 7) is 9.47. The molecule has 19 heavy (non-hydrogen) atoms. The van der Waals surface area contributed by atoms with Crippen LogP contribution in [0.2, 0.25) is 0 Å². The largest absolute Gasteiger partial charge is 0.458 e. The highest BCUT2D eigenvalue weighted by Gasteiger charge is 2.42. The Morgan fingerprint density at radius 1 is 1.37 bits per heavy atom. The Bertz CT molecular complexity index is 449. The van der Waals surface area contributed by atoms with E-state index in [9.17, 15) is 15.0 Å². The molecule has 0 aromatic rings. The third-order valence-corrected chi connectivity index (χ3v) is 3.89. The molecule has 4 nitrogen and oxygen atoms in total. The average molecular weight is 264 g/mol. The van der Waals surface area contributed by atoms with Crippen molar-refractivity contribution in [1.82, 2.24) is 0 Å². The van der Waals surface area contributed by atoms with Crippen molar-refractivity contribution < 1.29 is 19.7 Å². The second-order valence-corrected chi connectivity index (χ2v) is 5.42. The van der Waals surface area contributed by atoms with E-state index in [1.165, 1.54) is 0 Å². The summed E-state index contributed by atoms with van der Waals surface area (Å²) in [5.41, 5.74) is 1.91. The summed E-state index contributed by atoms with van der Waals surface area (Å²) in [6, 6.07) is 0. The normalized spacial score (nSPS) is 39.3. The lowest BCUT2D eigenvalue weighted by Crippen LogP contribution is -2.30. The molecule has 1 heterocycles. The highest BCUT2D eigenvalue weighted by Crippen LogP contribution is 2.35. The zero-order valence-corrected chi connectivity index (χ0v) is 11.1. The molecule has 0 spiro atoms. The van der Waals surface area contributed by atoms with Gasteiger partial charge in [0, 0.05) is 12.0 Å². The molecule has 1 fully saturated rings. The van der Waals surface area contributed by atoms with E-state index in [0.717, 1.165) is 5.57 Å². The topological polar surface area (TPSA) is 66.8 Å². The van der Waals surface area contributed by atoms with Crippen molar-refractivity contribution in [3.63, 3.8) is 0 Å². The van der Waals surface area contributed by atoms with Crippen molar-refractivity contribution >= 4 is 5.97 Å². The van der Waals surface area contributed by atoms with Crippen LogP contribution in [-0.2, 0) is 9.53 Å². The molecule has 2 rings (SSSR count). The summed E-state index contributed by atoms with van der Waals surface area (Å²) in [4.78, 5) is 11.6. The monoisotopic (exact) mass is 264 g/mol. The molecule has 1 aliphatic carbocycles. The Balaban J connectivity index is 2.33. The van der Waals surface area contributed by atoms with Gasteiger partial charge in [-0.1, -0.05) is 24.8 Å². The van der Waals surface area contributed by atoms with Gasteiger partial charge in [0.25, 0.3) is 0 Å². The first-order chi connectivity index (χ1) is 8.90. The van der Waals surface area contributed by atoms with Gasteiger partial charge in [-0.15, -0.1) is 0 Å². The smallest absolute Gasteiger partial charge is 0.334 e. The van der Waals surface area contributed by atoms with Crippen LogP contribution < -0.4 is 0 Å². The molecule has 2 aliphatic rings.